The molecule has 10 nitrogen and oxygen atoms in total. The summed E-state index contributed by atoms with van der Waals surface area (Å²) in [6.07, 6.45) is 46.5. The van der Waals surface area contributed by atoms with E-state index in [9.17, 15) is 30.0 Å². The van der Waals surface area contributed by atoms with E-state index in [-0.39, 0.29) is 32.0 Å². The van der Waals surface area contributed by atoms with Gasteiger partial charge in [0.1, 0.15) is 31.0 Å². The second-order valence-corrected chi connectivity index (χ2v) is 17.3. The zero-order valence-corrected chi connectivity index (χ0v) is 39.8. The maximum atomic E-state index is 12.8. The van der Waals surface area contributed by atoms with Gasteiger partial charge in [0, 0.05) is 12.8 Å². The van der Waals surface area contributed by atoms with E-state index < -0.39 is 49.4 Å². The Balaban J connectivity index is 2.28. The number of carbonyl (C=O) groups excluding carboxylic acids is 2. The molecule has 364 valence electrons. The second-order valence-electron chi connectivity index (χ2n) is 17.3. The van der Waals surface area contributed by atoms with Crippen molar-refractivity contribution in [3.8, 4) is 0 Å². The highest BCUT2D eigenvalue weighted by atomic mass is 16.7. The van der Waals surface area contributed by atoms with Crippen molar-refractivity contribution >= 4 is 11.9 Å². The van der Waals surface area contributed by atoms with Crippen molar-refractivity contribution in [2.24, 2.45) is 0 Å². The zero-order valence-electron chi connectivity index (χ0n) is 39.8. The Kier molecular flexibility index (Phi) is 40.2. The average molecular weight is 889 g/mol. The molecule has 0 saturated carbocycles. The van der Waals surface area contributed by atoms with E-state index in [0.717, 1.165) is 70.6 Å². The van der Waals surface area contributed by atoms with Crippen LogP contribution in [0.3, 0.4) is 0 Å². The Hall–Kier alpha value is -2.60. The van der Waals surface area contributed by atoms with E-state index in [1.807, 2.05) is 0 Å². The Morgan fingerprint density at radius 2 is 0.921 bits per heavy atom. The van der Waals surface area contributed by atoms with Crippen LogP contribution in [-0.2, 0) is 28.5 Å². The van der Waals surface area contributed by atoms with E-state index in [4.69, 9.17) is 18.9 Å². The van der Waals surface area contributed by atoms with Gasteiger partial charge in [0.25, 0.3) is 0 Å². The standard InChI is InChI=1S/C53H92O10/c1-3-5-7-9-11-13-15-17-19-21-22-23-24-26-27-29-31-33-35-37-39-41-48(55)60-44-46(45-61-53-52(59)51(58)50(57)47(43-54)63-53)62-49(56)42-40-38-36-34-32-30-28-25-20-18-16-14-12-10-8-6-4-2/h8,10,14,16-17,19-20,25,30,32,46-47,50-54,57-59H,3-7,9,11-13,15,18,21-24,26-29,31,33-45H2,1-2H3/b10-8+,16-14+,19-17+,25-20+,32-30+/t46-,47-,50+,51?,52?,53-/m0/s1. The normalized spacial score (nSPS) is 20.0. The minimum Gasteiger partial charge on any atom is -0.462 e. The smallest absolute Gasteiger partial charge is 0.306 e. The largest absolute Gasteiger partial charge is 0.462 e. The molecule has 0 spiro atoms. The number of aliphatic hydroxyl groups excluding tert-OH is 4. The van der Waals surface area contributed by atoms with Gasteiger partial charge in [-0.1, -0.05) is 177 Å². The third kappa shape index (κ3) is 34.4. The number of aliphatic hydroxyl groups is 4. The molecule has 0 aromatic rings. The monoisotopic (exact) mass is 889 g/mol. The predicted octanol–water partition coefficient (Wildman–Crippen LogP) is 11.8. The third-order valence-electron chi connectivity index (χ3n) is 11.4. The number of ether oxygens (including phenoxy) is 4. The van der Waals surface area contributed by atoms with Crippen molar-refractivity contribution in [1.82, 2.24) is 0 Å². The molecule has 10 heteroatoms. The molecular formula is C53H92O10. The van der Waals surface area contributed by atoms with E-state index >= 15 is 0 Å². The molecule has 1 fully saturated rings. The van der Waals surface area contributed by atoms with Crippen LogP contribution in [0.5, 0.6) is 0 Å². The molecule has 0 aromatic heterocycles. The molecule has 0 aromatic carbocycles. The van der Waals surface area contributed by atoms with Crippen LogP contribution in [0.25, 0.3) is 0 Å². The van der Waals surface area contributed by atoms with Crippen LogP contribution in [0.4, 0.5) is 0 Å². The van der Waals surface area contributed by atoms with Crippen LogP contribution in [0.15, 0.2) is 60.8 Å². The van der Waals surface area contributed by atoms with Crippen LogP contribution >= 0.6 is 0 Å². The second kappa shape index (κ2) is 43.3. The maximum absolute atomic E-state index is 12.8. The SMILES string of the molecule is CCC/C=C/C/C=C/C/C=C/C/C=C/CCCCCC(=O)O[C@@H](COC(=O)CCCCCCCCCCCCC/C=C/CCCCCCCC)CO[C@H]1O[C@@H](CO)[C@@H](O)C(O)C1O. The molecule has 1 aliphatic heterocycles. The first-order chi connectivity index (χ1) is 30.8. The third-order valence-corrected chi connectivity index (χ3v) is 11.4. The van der Waals surface area contributed by atoms with Crippen molar-refractivity contribution in [3.05, 3.63) is 60.8 Å². The summed E-state index contributed by atoms with van der Waals surface area (Å²) in [4.78, 5) is 25.4. The summed E-state index contributed by atoms with van der Waals surface area (Å²) in [6, 6.07) is 0. The number of hydrogen-bond donors (Lipinski definition) is 4. The molecule has 0 bridgehead atoms. The molecule has 1 rings (SSSR count). The number of allylic oxidation sites excluding steroid dienone is 10. The Bertz CT molecular complexity index is 1210. The molecule has 0 amide bonds. The van der Waals surface area contributed by atoms with Gasteiger partial charge in [-0.3, -0.25) is 9.59 Å². The fourth-order valence-corrected chi connectivity index (χ4v) is 7.35. The summed E-state index contributed by atoms with van der Waals surface area (Å²) < 4.78 is 22.2. The number of hydrogen-bond acceptors (Lipinski definition) is 10. The lowest BCUT2D eigenvalue weighted by Gasteiger charge is -2.39. The van der Waals surface area contributed by atoms with Crippen LogP contribution in [0, 0.1) is 0 Å². The van der Waals surface area contributed by atoms with Gasteiger partial charge in [0.2, 0.25) is 0 Å². The molecule has 0 radical (unpaired) electrons. The van der Waals surface area contributed by atoms with Crippen molar-refractivity contribution in [2.45, 2.75) is 243 Å². The molecule has 6 atom stereocenters. The van der Waals surface area contributed by atoms with E-state index in [2.05, 4.69) is 74.6 Å². The quantitative estimate of drug-likeness (QED) is 0.0265. The number of carbonyl (C=O) groups is 2. The van der Waals surface area contributed by atoms with E-state index in [0.29, 0.717) is 6.42 Å². The molecule has 1 heterocycles. The van der Waals surface area contributed by atoms with Gasteiger partial charge in [-0.05, 0) is 77.0 Å². The van der Waals surface area contributed by atoms with Crippen LogP contribution in [0.1, 0.15) is 206 Å². The number of unbranched alkanes of at least 4 members (excludes halogenated alkanes) is 21. The predicted molar refractivity (Wildman–Crippen MR) is 256 cm³/mol. The Morgan fingerprint density at radius 1 is 0.492 bits per heavy atom. The van der Waals surface area contributed by atoms with Gasteiger partial charge in [0.15, 0.2) is 12.4 Å². The number of esters is 2. The summed E-state index contributed by atoms with van der Waals surface area (Å²) >= 11 is 0. The van der Waals surface area contributed by atoms with Crippen molar-refractivity contribution < 1.29 is 49.0 Å². The van der Waals surface area contributed by atoms with E-state index in [1.165, 1.54) is 103 Å². The van der Waals surface area contributed by atoms with Gasteiger partial charge in [-0.15, -0.1) is 0 Å². The summed E-state index contributed by atoms with van der Waals surface area (Å²) in [5, 5.41) is 40.2. The molecule has 1 aliphatic rings. The van der Waals surface area contributed by atoms with Crippen LogP contribution in [0.2, 0.25) is 0 Å². The summed E-state index contributed by atoms with van der Waals surface area (Å²) in [5.74, 6) is -0.842. The lowest BCUT2D eigenvalue weighted by atomic mass is 9.99. The molecule has 63 heavy (non-hydrogen) atoms. The van der Waals surface area contributed by atoms with E-state index in [1.54, 1.807) is 0 Å². The first-order valence-corrected chi connectivity index (χ1v) is 25.4. The topological polar surface area (TPSA) is 152 Å². The highest BCUT2D eigenvalue weighted by molar-refractivity contribution is 5.70. The highest BCUT2D eigenvalue weighted by Crippen LogP contribution is 2.23. The van der Waals surface area contributed by atoms with Gasteiger partial charge >= 0.3 is 11.9 Å². The molecular weight excluding hydrogens is 797 g/mol. The first-order valence-electron chi connectivity index (χ1n) is 25.4. The number of rotatable bonds is 42. The zero-order chi connectivity index (χ0) is 45.9. The lowest BCUT2D eigenvalue weighted by molar-refractivity contribution is -0.305. The summed E-state index contributed by atoms with van der Waals surface area (Å²) in [7, 11) is 0. The Morgan fingerprint density at radius 3 is 1.43 bits per heavy atom. The average Bonchev–Trinajstić information content (AvgIpc) is 3.28. The molecule has 1 saturated heterocycles. The molecule has 2 unspecified atom stereocenters. The Labute approximate surface area is 383 Å². The summed E-state index contributed by atoms with van der Waals surface area (Å²) in [5.41, 5.74) is 0. The molecule has 0 aliphatic carbocycles. The highest BCUT2D eigenvalue weighted by Gasteiger charge is 2.44. The summed E-state index contributed by atoms with van der Waals surface area (Å²) in [6.45, 7) is 3.33. The minimum absolute atomic E-state index is 0.191. The lowest BCUT2D eigenvalue weighted by Crippen LogP contribution is -2.59. The maximum Gasteiger partial charge on any atom is 0.306 e. The fourth-order valence-electron chi connectivity index (χ4n) is 7.35. The van der Waals surface area contributed by atoms with Gasteiger partial charge in [0.05, 0.1) is 13.2 Å². The van der Waals surface area contributed by atoms with Crippen LogP contribution < -0.4 is 0 Å². The van der Waals surface area contributed by atoms with Crippen molar-refractivity contribution in [1.29, 1.82) is 0 Å². The minimum atomic E-state index is -1.60. The fraction of sp³-hybridized carbons (Fsp3) is 0.774. The van der Waals surface area contributed by atoms with Crippen LogP contribution in [-0.4, -0.2) is 89.0 Å². The van der Waals surface area contributed by atoms with Crippen molar-refractivity contribution in [3.63, 3.8) is 0 Å². The van der Waals surface area contributed by atoms with Gasteiger partial charge in [-0.2, -0.15) is 0 Å². The van der Waals surface area contributed by atoms with Gasteiger partial charge in [-0.25, -0.2) is 0 Å². The first kappa shape index (κ1) is 58.4. The van der Waals surface area contributed by atoms with Gasteiger partial charge < -0.3 is 39.4 Å². The van der Waals surface area contributed by atoms with Crippen molar-refractivity contribution in [2.75, 3.05) is 19.8 Å². The molecule has 4 N–H and O–H groups in total.